The van der Waals surface area contributed by atoms with Crippen molar-refractivity contribution in [3.05, 3.63) is 70.5 Å². The Morgan fingerprint density at radius 3 is 2.37 bits per heavy atom. The third kappa shape index (κ3) is 4.18. The SMILES string of the molecule is Cc1cc(C)c(OC2=CC(=Nc3ccc(C#N)cc3)NC(=O)C2Cl)c(C)c1. The second kappa shape index (κ2) is 7.65. The molecule has 0 bridgehead atoms. The molecule has 0 spiro atoms. The van der Waals surface area contributed by atoms with E-state index in [1.165, 1.54) is 0 Å². The molecule has 5 nitrogen and oxygen atoms in total. The zero-order valence-corrected chi connectivity index (χ0v) is 16.0. The molecule has 3 rings (SSSR count). The lowest BCUT2D eigenvalue weighted by Gasteiger charge is -2.22. The summed E-state index contributed by atoms with van der Waals surface area (Å²) in [5.74, 6) is 0.941. The quantitative estimate of drug-likeness (QED) is 0.811. The fraction of sp³-hybridized carbons (Fsp3) is 0.190. The number of rotatable bonds is 3. The summed E-state index contributed by atoms with van der Waals surface area (Å²) in [7, 11) is 0. The van der Waals surface area contributed by atoms with Crippen LogP contribution in [0.3, 0.4) is 0 Å². The molecule has 1 aliphatic heterocycles. The molecule has 136 valence electrons. The number of hydrogen-bond acceptors (Lipinski definition) is 4. The van der Waals surface area contributed by atoms with Crippen molar-refractivity contribution >= 4 is 29.0 Å². The van der Waals surface area contributed by atoms with Crippen molar-refractivity contribution in [3.63, 3.8) is 0 Å². The van der Waals surface area contributed by atoms with Gasteiger partial charge in [-0.05, 0) is 56.2 Å². The number of aryl methyl sites for hydroxylation is 3. The minimum absolute atomic E-state index is 0.322. The molecule has 27 heavy (non-hydrogen) atoms. The summed E-state index contributed by atoms with van der Waals surface area (Å²) in [4.78, 5) is 16.6. The average Bonchev–Trinajstić information content (AvgIpc) is 2.62. The number of halogens is 1. The van der Waals surface area contributed by atoms with Gasteiger partial charge in [-0.3, -0.25) is 4.79 Å². The van der Waals surface area contributed by atoms with Crippen LogP contribution >= 0.6 is 11.6 Å². The van der Waals surface area contributed by atoms with E-state index in [0.717, 1.165) is 16.7 Å². The minimum Gasteiger partial charge on any atom is -0.459 e. The van der Waals surface area contributed by atoms with Crippen molar-refractivity contribution in [1.82, 2.24) is 5.32 Å². The van der Waals surface area contributed by atoms with Crippen LogP contribution < -0.4 is 10.1 Å². The molecule has 0 aromatic heterocycles. The lowest BCUT2D eigenvalue weighted by atomic mass is 10.1. The molecular weight excluding hydrogens is 362 g/mol. The second-order valence-electron chi connectivity index (χ2n) is 6.38. The van der Waals surface area contributed by atoms with Crippen molar-refractivity contribution in [3.8, 4) is 11.8 Å². The Balaban J connectivity index is 1.94. The smallest absolute Gasteiger partial charge is 0.251 e. The monoisotopic (exact) mass is 379 g/mol. The van der Waals surface area contributed by atoms with Crippen molar-refractivity contribution in [2.24, 2.45) is 4.99 Å². The zero-order valence-electron chi connectivity index (χ0n) is 15.2. The van der Waals surface area contributed by atoms with Gasteiger partial charge in [-0.15, -0.1) is 11.6 Å². The van der Waals surface area contributed by atoms with Crippen LogP contribution in [0, 0.1) is 32.1 Å². The van der Waals surface area contributed by atoms with Gasteiger partial charge in [0.05, 0.1) is 17.3 Å². The van der Waals surface area contributed by atoms with Gasteiger partial charge >= 0.3 is 0 Å². The number of alkyl halides is 1. The molecule has 1 N–H and O–H groups in total. The number of carbonyl (C=O) groups excluding carboxylic acids is 1. The first-order chi connectivity index (χ1) is 12.9. The maximum Gasteiger partial charge on any atom is 0.251 e. The third-order valence-corrected chi connectivity index (χ3v) is 4.49. The second-order valence-corrected chi connectivity index (χ2v) is 6.82. The number of amides is 1. The van der Waals surface area contributed by atoms with Crippen molar-refractivity contribution < 1.29 is 9.53 Å². The van der Waals surface area contributed by atoms with Gasteiger partial charge in [0.1, 0.15) is 17.3 Å². The van der Waals surface area contributed by atoms with E-state index in [-0.39, 0.29) is 0 Å². The number of carbonyl (C=O) groups is 1. The molecule has 1 aliphatic rings. The van der Waals surface area contributed by atoms with Crippen LogP contribution in [0.4, 0.5) is 5.69 Å². The number of nitrogens with zero attached hydrogens (tertiary/aromatic N) is 2. The van der Waals surface area contributed by atoms with Crippen LogP contribution in [0.1, 0.15) is 22.3 Å². The van der Waals surface area contributed by atoms with Gasteiger partial charge in [-0.25, -0.2) is 4.99 Å². The molecular formula is C21H18ClN3O2. The van der Waals surface area contributed by atoms with E-state index >= 15 is 0 Å². The average molecular weight is 380 g/mol. The van der Waals surface area contributed by atoms with E-state index < -0.39 is 11.3 Å². The normalized spacial score (nSPS) is 17.9. The Kier molecular flexibility index (Phi) is 5.29. The topological polar surface area (TPSA) is 74.5 Å². The maximum absolute atomic E-state index is 12.2. The first kappa shape index (κ1) is 18.7. The molecule has 6 heteroatoms. The fourth-order valence-electron chi connectivity index (χ4n) is 2.90. The molecule has 1 unspecified atom stereocenters. The predicted octanol–water partition coefficient (Wildman–Crippen LogP) is 4.21. The Labute approximate surface area is 162 Å². The Bertz CT molecular complexity index is 978. The fourth-order valence-corrected chi connectivity index (χ4v) is 3.06. The molecule has 0 radical (unpaired) electrons. The van der Waals surface area contributed by atoms with Crippen LogP contribution in [-0.4, -0.2) is 17.1 Å². The molecule has 2 aromatic carbocycles. The first-order valence-corrected chi connectivity index (χ1v) is 8.82. The van der Waals surface area contributed by atoms with Gasteiger partial charge in [0, 0.05) is 6.08 Å². The van der Waals surface area contributed by atoms with Gasteiger partial charge in [-0.2, -0.15) is 5.26 Å². The zero-order chi connectivity index (χ0) is 19.6. The molecule has 0 saturated heterocycles. The Morgan fingerprint density at radius 1 is 1.15 bits per heavy atom. The highest BCUT2D eigenvalue weighted by Gasteiger charge is 2.29. The highest BCUT2D eigenvalue weighted by atomic mass is 35.5. The number of ether oxygens (including phenoxy) is 1. The summed E-state index contributed by atoms with van der Waals surface area (Å²) in [6, 6.07) is 12.8. The summed E-state index contributed by atoms with van der Waals surface area (Å²) in [6.07, 6.45) is 1.62. The minimum atomic E-state index is -0.940. The summed E-state index contributed by atoms with van der Waals surface area (Å²) in [6.45, 7) is 5.92. The Morgan fingerprint density at radius 2 is 1.78 bits per heavy atom. The van der Waals surface area contributed by atoms with E-state index in [9.17, 15) is 4.79 Å². The van der Waals surface area contributed by atoms with E-state index in [1.54, 1.807) is 30.3 Å². The van der Waals surface area contributed by atoms with E-state index in [1.807, 2.05) is 32.9 Å². The lowest BCUT2D eigenvalue weighted by Crippen LogP contribution is -2.42. The molecule has 1 amide bonds. The number of amidine groups is 1. The summed E-state index contributed by atoms with van der Waals surface area (Å²) >= 11 is 6.23. The highest BCUT2D eigenvalue weighted by Crippen LogP contribution is 2.29. The summed E-state index contributed by atoms with van der Waals surface area (Å²) in [5, 5.41) is 10.6. The van der Waals surface area contributed by atoms with Crippen LogP contribution in [-0.2, 0) is 4.79 Å². The maximum atomic E-state index is 12.2. The van der Waals surface area contributed by atoms with Gasteiger partial charge < -0.3 is 10.1 Å². The van der Waals surface area contributed by atoms with Gasteiger partial charge in [-0.1, -0.05) is 17.7 Å². The predicted molar refractivity (Wildman–Crippen MR) is 105 cm³/mol. The molecule has 0 fully saturated rings. The van der Waals surface area contributed by atoms with Crippen LogP contribution in [0.25, 0.3) is 0 Å². The largest absolute Gasteiger partial charge is 0.459 e. The summed E-state index contributed by atoms with van der Waals surface area (Å²) < 4.78 is 6.00. The Hall–Kier alpha value is -3.10. The molecule has 2 aromatic rings. The van der Waals surface area contributed by atoms with Crippen LogP contribution in [0.15, 0.2) is 53.2 Å². The summed E-state index contributed by atoms with van der Waals surface area (Å²) in [5.41, 5.74) is 4.22. The molecule has 0 saturated carbocycles. The van der Waals surface area contributed by atoms with Crippen LogP contribution in [0.5, 0.6) is 5.75 Å². The van der Waals surface area contributed by atoms with E-state index in [2.05, 4.69) is 16.4 Å². The van der Waals surface area contributed by atoms with Crippen molar-refractivity contribution in [2.45, 2.75) is 26.1 Å². The highest BCUT2D eigenvalue weighted by molar-refractivity contribution is 6.35. The number of nitrogens with one attached hydrogen (secondary N) is 1. The van der Waals surface area contributed by atoms with Crippen LogP contribution in [0.2, 0.25) is 0 Å². The van der Waals surface area contributed by atoms with E-state index in [0.29, 0.717) is 28.6 Å². The lowest BCUT2D eigenvalue weighted by molar-refractivity contribution is -0.119. The first-order valence-electron chi connectivity index (χ1n) is 8.38. The standard InChI is InChI=1S/C21H18ClN3O2/c1-12-8-13(2)20(14(3)9-12)27-17-10-18(25-21(26)19(17)22)24-16-6-4-15(11-23)5-7-16/h4-10,19H,1-3H3,(H,24,25,26). The van der Waals surface area contributed by atoms with Gasteiger partial charge in [0.15, 0.2) is 5.38 Å². The van der Waals surface area contributed by atoms with E-state index in [4.69, 9.17) is 21.6 Å². The number of aliphatic imine (C=N–C) groups is 1. The van der Waals surface area contributed by atoms with Crippen molar-refractivity contribution in [2.75, 3.05) is 0 Å². The molecule has 1 heterocycles. The van der Waals surface area contributed by atoms with Crippen molar-refractivity contribution in [1.29, 1.82) is 5.26 Å². The molecule has 0 aliphatic carbocycles. The third-order valence-electron chi connectivity index (χ3n) is 4.08. The number of nitriles is 1. The van der Waals surface area contributed by atoms with Gasteiger partial charge in [0.2, 0.25) is 0 Å². The number of hydrogen-bond donors (Lipinski definition) is 1. The molecule has 1 atom stereocenters. The van der Waals surface area contributed by atoms with Gasteiger partial charge in [0.25, 0.3) is 5.91 Å². The number of benzene rings is 2.